The summed E-state index contributed by atoms with van der Waals surface area (Å²) in [6.45, 7) is 0. The number of nitrogens with two attached hydrogens (primary N) is 1. The number of rotatable bonds is 4. The molecule has 21 heavy (non-hydrogen) atoms. The molecule has 2 N–H and O–H groups in total. The van der Waals surface area contributed by atoms with E-state index in [1.54, 1.807) is 6.20 Å². The maximum Gasteiger partial charge on any atom is 0.244 e. The van der Waals surface area contributed by atoms with E-state index in [0.717, 1.165) is 10.0 Å². The van der Waals surface area contributed by atoms with E-state index in [0.29, 0.717) is 23.8 Å². The molecule has 1 unspecified atom stereocenters. The quantitative estimate of drug-likeness (QED) is 0.786. The summed E-state index contributed by atoms with van der Waals surface area (Å²) in [7, 11) is 0. The summed E-state index contributed by atoms with van der Waals surface area (Å²) in [6, 6.07) is 13.3. The van der Waals surface area contributed by atoms with Gasteiger partial charge in [-0.05, 0) is 40.0 Å². The maximum atomic E-state index is 6.12. The number of hydrogen-bond donors (Lipinski definition) is 1. The molecule has 1 aromatic carbocycles. The minimum absolute atomic E-state index is 0.330. The molecule has 2 aromatic heterocycles. The summed E-state index contributed by atoms with van der Waals surface area (Å²) in [4.78, 5) is 8.56. The van der Waals surface area contributed by atoms with Gasteiger partial charge in [-0.2, -0.15) is 4.98 Å². The highest BCUT2D eigenvalue weighted by Gasteiger charge is 2.16. The minimum atomic E-state index is -0.330. The molecule has 106 valence electrons. The first-order valence-electron chi connectivity index (χ1n) is 6.47. The van der Waals surface area contributed by atoms with E-state index < -0.39 is 0 Å². The Morgan fingerprint density at radius 1 is 1.14 bits per heavy atom. The molecule has 3 rings (SSSR count). The number of halogens is 1. The van der Waals surface area contributed by atoms with Crippen molar-refractivity contribution in [2.75, 3.05) is 0 Å². The molecule has 6 heteroatoms. The van der Waals surface area contributed by atoms with Gasteiger partial charge in [0.15, 0.2) is 0 Å². The number of benzene rings is 1. The van der Waals surface area contributed by atoms with E-state index in [1.165, 1.54) is 0 Å². The zero-order valence-electron chi connectivity index (χ0n) is 11.1. The predicted octanol–water partition coefficient (Wildman–Crippen LogP) is 3.14. The Morgan fingerprint density at radius 2 is 1.95 bits per heavy atom. The lowest BCUT2D eigenvalue weighted by atomic mass is 10.1. The second kappa shape index (κ2) is 6.15. The van der Waals surface area contributed by atoms with Crippen molar-refractivity contribution in [1.29, 1.82) is 0 Å². The third-order valence-corrected chi connectivity index (χ3v) is 3.48. The molecule has 0 aliphatic rings. The molecule has 0 aliphatic heterocycles. The first-order chi connectivity index (χ1) is 10.2. The van der Waals surface area contributed by atoms with Gasteiger partial charge in [-0.3, -0.25) is 4.98 Å². The second-order valence-corrected chi connectivity index (χ2v) is 5.53. The first-order valence-corrected chi connectivity index (χ1v) is 7.27. The van der Waals surface area contributed by atoms with Crippen LogP contribution in [0, 0.1) is 0 Å². The van der Waals surface area contributed by atoms with Crippen LogP contribution in [0.5, 0.6) is 0 Å². The Bertz CT molecular complexity index is 712. The van der Waals surface area contributed by atoms with Gasteiger partial charge in [-0.1, -0.05) is 35.5 Å². The Hall–Kier alpha value is -2.05. The molecule has 5 nitrogen and oxygen atoms in total. The lowest BCUT2D eigenvalue weighted by molar-refractivity contribution is 0.354. The average Bonchev–Trinajstić information content (AvgIpc) is 2.99. The molecule has 0 spiro atoms. The smallest absolute Gasteiger partial charge is 0.244 e. The van der Waals surface area contributed by atoms with Crippen LogP contribution in [0.25, 0.3) is 11.5 Å². The van der Waals surface area contributed by atoms with Crippen LogP contribution in [0.3, 0.4) is 0 Å². The van der Waals surface area contributed by atoms with Gasteiger partial charge >= 0.3 is 0 Å². The summed E-state index contributed by atoms with van der Waals surface area (Å²) >= 11 is 3.34. The van der Waals surface area contributed by atoms with Crippen molar-refractivity contribution in [2.45, 2.75) is 12.5 Å². The third kappa shape index (κ3) is 3.34. The Balaban J connectivity index is 1.76. The van der Waals surface area contributed by atoms with Crippen molar-refractivity contribution in [1.82, 2.24) is 15.1 Å². The van der Waals surface area contributed by atoms with Gasteiger partial charge in [-0.25, -0.2) is 0 Å². The summed E-state index contributed by atoms with van der Waals surface area (Å²) < 4.78 is 6.14. The SMILES string of the molecule is NC(Cc1ccccc1)c1nc(-c2ccc(Br)cn2)no1. The van der Waals surface area contributed by atoms with Crippen LogP contribution in [-0.2, 0) is 6.42 Å². The highest BCUT2D eigenvalue weighted by atomic mass is 79.9. The molecular formula is C15H13BrN4O. The zero-order valence-corrected chi connectivity index (χ0v) is 12.7. The van der Waals surface area contributed by atoms with Gasteiger partial charge in [0, 0.05) is 10.7 Å². The van der Waals surface area contributed by atoms with E-state index in [2.05, 4.69) is 31.1 Å². The highest BCUT2D eigenvalue weighted by Crippen LogP contribution is 2.19. The van der Waals surface area contributed by atoms with E-state index in [-0.39, 0.29) is 6.04 Å². The molecule has 0 radical (unpaired) electrons. The molecule has 1 atom stereocenters. The van der Waals surface area contributed by atoms with Crippen LogP contribution in [0.4, 0.5) is 0 Å². The maximum absolute atomic E-state index is 6.12. The van der Waals surface area contributed by atoms with E-state index in [9.17, 15) is 0 Å². The summed E-state index contributed by atoms with van der Waals surface area (Å²) in [5, 5.41) is 3.93. The highest BCUT2D eigenvalue weighted by molar-refractivity contribution is 9.10. The van der Waals surface area contributed by atoms with Crippen molar-refractivity contribution < 1.29 is 4.52 Å². The number of aromatic nitrogens is 3. The summed E-state index contributed by atoms with van der Waals surface area (Å²) in [5.41, 5.74) is 7.90. The van der Waals surface area contributed by atoms with Gasteiger partial charge in [0.25, 0.3) is 0 Å². The fourth-order valence-corrected chi connectivity index (χ4v) is 2.19. The van der Waals surface area contributed by atoms with Crippen LogP contribution in [-0.4, -0.2) is 15.1 Å². The Kier molecular flexibility index (Phi) is 4.08. The Morgan fingerprint density at radius 3 is 2.67 bits per heavy atom. The summed E-state index contributed by atoms with van der Waals surface area (Å²) in [6.07, 6.45) is 2.34. The molecule has 2 heterocycles. The van der Waals surface area contributed by atoms with E-state index in [4.69, 9.17) is 10.3 Å². The second-order valence-electron chi connectivity index (χ2n) is 4.61. The molecule has 3 aromatic rings. The Labute approximate surface area is 130 Å². The predicted molar refractivity (Wildman–Crippen MR) is 82.3 cm³/mol. The average molecular weight is 345 g/mol. The van der Waals surface area contributed by atoms with Crippen molar-refractivity contribution in [3.8, 4) is 11.5 Å². The van der Waals surface area contributed by atoms with Gasteiger partial charge in [0.1, 0.15) is 5.69 Å². The molecule has 0 saturated heterocycles. The van der Waals surface area contributed by atoms with Gasteiger partial charge in [-0.15, -0.1) is 0 Å². The molecule has 0 amide bonds. The van der Waals surface area contributed by atoms with Crippen molar-refractivity contribution in [3.63, 3.8) is 0 Å². The largest absolute Gasteiger partial charge is 0.337 e. The van der Waals surface area contributed by atoms with Crippen molar-refractivity contribution in [2.24, 2.45) is 5.73 Å². The van der Waals surface area contributed by atoms with Crippen LogP contribution < -0.4 is 5.73 Å². The van der Waals surface area contributed by atoms with Crippen LogP contribution in [0.2, 0.25) is 0 Å². The molecule has 0 saturated carbocycles. The first kappa shape index (κ1) is 13.9. The van der Waals surface area contributed by atoms with Gasteiger partial charge < -0.3 is 10.3 Å². The fourth-order valence-electron chi connectivity index (χ4n) is 1.95. The van der Waals surface area contributed by atoms with Gasteiger partial charge in [0.2, 0.25) is 11.7 Å². The van der Waals surface area contributed by atoms with Crippen LogP contribution in [0.1, 0.15) is 17.5 Å². The molecule has 0 aliphatic carbocycles. The normalized spacial score (nSPS) is 12.3. The molecule has 0 bridgehead atoms. The number of pyridine rings is 1. The summed E-state index contributed by atoms with van der Waals surface area (Å²) in [5.74, 6) is 0.861. The molecule has 0 fully saturated rings. The monoisotopic (exact) mass is 344 g/mol. The van der Waals surface area contributed by atoms with Crippen LogP contribution in [0.15, 0.2) is 57.7 Å². The van der Waals surface area contributed by atoms with Crippen molar-refractivity contribution >= 4 is 15.9 Å². The zero-order chi connectivity index (χ0) is 14.7. The topological polar surface area (TPSA) is 77.8 Å². The van der Waals surface area contributed by atoms with Crippen LogP contribution >= 0.6 is 15.9 Å². The lowest BCUT2D eigenvalue weighted by Crippen LogP contribution is -2.13. The number of hydrogen-bond acceptors (Lipinski definition) is 5. The van der Waals surface area contributed by atoms with Crippen molar-refractivity contribution in [3.05, 3.63) is 64.6 Å². The third-order valence-electron chi connectivity index (χ3n) is 3.01. The fraction of sp³-hybridized carbons (Fsp3) is 0.133. The van der Waals surface area contributed by atoms with E-state index in [1.807, 2.05) is 42.5 Å². The van der Waals surface area contributed by atoms with Gasteiger partial charge in [0.05, 0.1) is 6.04 Å². The minimum Gasteiger partial charge on any atom is -0.337 e. The number of nitrogens with zero attached hydrogens (tertiary/aromatic N) is 3. The lowest BCUT2D eigenvalue weighted by Gasteiger charge is -2.05. The van der Waals surface area contributed by atoms with E-state index >= 15 is 0 Å². The standard InChI is InChI=1S/C15H13BrN4O/c16-11-6-7-13(18-9-11)14-19-15(21-20-14)12(17)8-10-4-2-1-3-5-10/h1-7,9,12H,8,17H2. The molecular weight excluding hydrogens is 332 g/mol.